The Morgan fingerprint density at radius 2 is 2.12 bits per heavy atom. The fourth-order valence-electron chi connectivity index (χ4n) is 0.938. The molecule has 0 unspecified atom stereocenters. The van der Waals surface area contributed by atoms with Crippen molar-refractivity contribution in [2.24, 2.45) is 0 Å². The average Bonchev–Trinajstić information content (AvgIpc) is 2.09. The number of aryl methyl sites for hydroxylation is 1. The van der Waals surface area contributed by atoms with Crippen molar-refractivity contribution in [3.05, 3.63) is 25.4 Å². The van der Waals surface area contributed by atoms with Crippen molar-refractivity contribution in [1.82, 2.24) is 4.98 Å². The first-order valence-corrected chi connectivity index (χ1v) is 4.86. The van der Waals surface area contributed by atoms with E-state index in [4.69, 9.17) is 0 Å². The van der Waals surface area contributed by atoms with Crippen LogP contribution in [0, 0.1) is 20.6 Å². The summed E-state index contributed by atoms with van der Waals surface area (Å²) in [6, 6.07) is 0.911. The number of nitrogens with zero attached hydrogens (tertiary/aromatic N) is 2. The van der Waals surface area contributed by atoms with E-state index in [1.165, 1.54) is 29.5 Å². The molecule has 1 aromatic rings. The van der Waals surface area contributed by atoms with Crippen molar-refractivity contribution in [1.29, 1.82) is 0 Å². The third kappa shape index (κ3) is 3.18. The minimum absolute atomic E-state index is 0.0193. The Kier molecular flexibility index (Phi) is 3.55. The third-order valence-electron chi connectivity index (χ3n) is 1.49. The van der Waals surface area contributed by atoms with Crippen LogP contribution in [-0.2, 0) is 0 Å². The van der Waals surface area contributed by atoms with Gasteiger partial charge in [0.1, 0.15) is 0 Å². The molecule has 0 radical (unpaired) electrons. The lowest BCUT2D eigenvalue weighted by Gasteiger charge is -2.10. The van der Waals surface area contributed by atoms with Gasteiger partial charge in [-0.25, -0.2) is 0 Å². The van der Waals surface area contributed by atoms with E-state index in [1.807, 2.05) is 0 Å². The van der Waals surface area contributed by atoms with Gasteiger partial charge in [0.25, 0.3) is 0 Å². The van der Waals surface area contributed by atoms with E-state index < -0.39 is 22.9 Å². The van der Waals surface area contributed by atoms with Crippen LogP contribution in [0.3, 0.4) is 0 Å². The molecule has 0 saturated carbocycles. The quantitative estimate of drug-likeness (QED) is 0.468. The molecule has 1 heterocycles. The first kappa shape index (κ1) is 12.9. The number of halogens is 4. The first-order chi connectivity index (χ1) is 7.20. The monoisotopic (exact) mass is 348 g/mol. The van der Waals surface area contributed by atoms with E-state index in [2.05, 4.69) is 9.72 Å². The summed E-state index contributed by atoms with van der Waals surface area (Å²) in [4.78, 5) is 13.0. The van der Waals surface area contributed by atoms with Gasteiger partial charge in [-0.3, -0.25) is 0 Å². The molecule has 1 aromatic heterocycles. The van der Waals surface area contributed by atoms with Crippen LogP contribution in [0.4, 0.5) is 19.0 Å². The van der Waals surface area contributed by atoms with Crippen molar-refractivity contribution >= 4 is 28.4 Å². The van der Waals surface area contributed by atoms with Gasteiger partial charge in [0.15, 0.2) is 11.4 Å². The Morgan fingerprint density at radius 3 is 2.50 bits per heavy atom. The fraction of sp³-hybridized carbons (Fsp3) is 0.286. The Morgan fingerprint density at radius 1 is 1.56 bits per heavy atom. The van der Waals surface area contributed by atoms with E-state index in [-0.39, 0.29) is 9.26 Å². The lowest BCUT2D eigenvalue weighted by Crippen LogP contribution is -2.19. The second-order valence-electron chi connectivity index (χ2n) is 2.68. The van der Waals surface area contributed by atoms with Crippen LogP contribution in [0.15, 0.2) is 6.07 Å². The van der Waals surface area contributed by atoms with E-state index in [9.17, 15) is 23.3 Å². The van der Waals surface area contributed by atoms with E-state index in [1.54, 1.807) is 0 Å². The van der Waals surface area contributed by atoms with Crippen molar-refractivity contribution in [3.8, 4) is 5.75 Å². The average molecular weight is 348 g/mol. The normalized spacial score (nSPS) is 11.3. The van der Waals surface area contributed by atoms with E-state index in [0.29, 0.717) is 0 Å². The SMILES string of the molecule is Cc1nc([N+](=O)[O-])cc(I)c1OC(F)(F)F. The third-order valence-corrected chi connectivity index (χ3v) is 2.29. The van der Waals surface area contributed by atoms with Crippen molar-refractivity contribution in [2.75, 3.05) is 0 Å². The highest BCUT2D eigenvalue weighted by atomic mass is 127. The maximum absolute atomic E-state index is 12.0. The van der Waals surface area contributed by atoms with Gasteiger partial charge in [-0.1, -0.05) is 0 Å². The summed E-state index contributed by atoms with van der Waals surface area (Å²) in [7, 11) is 0. The van der Waals surface area contributed by atoms with Crippen LogP contribution in [0.25, 0.3) is 0 Å². The topological polar surface area (TPSA) is 65.3 Å². The molecule has 9 heteroatoms. The van der Waals surface area contributed by atoms with Gasteiger partial charge in [-0.15, -0.1) is 13.2 Å². The molecule has 0 aliphatic heterocycles. The van der Waals surface area contributed by atoms with Crippen LogP contribution < -0.4 is 4.74 Å². The van der Waals surface area contributed by atoms with Crippen LogP contribution in [-0.4, -0.2) is 16.3 Å². The largest absolute Gasteiger partial charge is 0.573 e. The van der Waals surface area contributed by atoms with Gasteiger partial charge in [0.2, 0.25) is 0 Å². The number of aromatic nitrogens is 1. The summed E-state index contributed by atoms with van der Waals surface area (Å²) in [5, 5.41) is 10.4. The zero-order valence-electron chi connectivity index (χ0n) is 7.71. The van der Waals surface area contributed by atoms with Crippen LogP contribution in [0.2, 0.25) is 0 Å². The highest BCUT2D eigenvalue weighted by Gasteiger charge is 2.34. The minimum Gasteiger partial charge on any atom is -0.400 e. The zero-order chi connectivity index (χ0) is 12.5. The minimum atomic E-state index is -4.84. The van der Waals surface area contributed by atoms with E-state index in [0.717, 1.165) is 6.07 Å². The number of ether oxygens (including phenoxy) is 1. The standard InChI is InChI=1S/C7H4F3IN2O3/c1-3-6(16-7(8,9)10)4(11)2-5(12-3)13(14)15/h2H,1H3. The lowest BCUT2D eigenvalue weighted by atomic mass is 10.3. The molecule has 0 aliphatic carbocycles. The number of hydrogen-bond donors (Lipinski definition) is 0. The molecule has 0 atom stereocenters. The number of hydrogen-bond acceptors (Lipinski definition) is 4. The van der Waals surface area contributed by atoms with Crippen molar-refractivity contribution < 1.29 is 22.8 Å². The van der Waals surface area contributed by atoms with Crippen LogP contribution in [0.5, 0.6) is 5.75 Å². The first-order valence-electron chi connectivity index (χ1n) is 3.78. The van der Waals surface area contributed by atoms with Crippen molar-refractivity contribution in [2.45, 2.75) is 13.3 Å². The van der Waals surface area contributed by atoms with Gasteiger partial charge in [-0.2, -0.15) is 0 Å². The summed E-state index contributed by atoms with van der Waals surface area (Å²) in [6.45, 7) is 1.20. The highest BCUT2D eigenvalue weighted by Crippen LogP contribution is 2.31. The van der Waals surface area contributed by atoms with Gasteiger partial charge >= 0.3 is 12.2 Å². The molecule has 1 rings (SSSR count). The molecule has 0 N–H and O–H groups in total. The smallest absolute Gasteiger partial charge is 0.400 e. The Bertz CT molecular complexity index is 412. The number of rotatable bonds is 2. The van der Waals surface area contributed by atoms with Gasteiger partial charge in [0, 0.05) is 6.92 Å². The van der Waals surface area contributed by atoms with Gasteiger partial charge in [0.05, 0.1) is 9.64 Å². The number of alkyl halides is 3. The fourth-order valence-corrected chi connectivity index (χ4v) is 1.72. The molecule has 0 saturated heterocycles. The molecule has 0 aliphatic rings. The zero-order valence-corrected chi connectivity index (χ0v) is 9.87. The van der Waals surface area contributed by atoms with Gasteiger partial charge in [-0.05, 0) is 32.5 Å². The lowest BCUT2D eigenvalue weighted by molar-refractivity contribution is -0.389. The molecular weight excluding hydrogens is 344 g/mol. The predicted octanol–water partition coefficient (Wildman–Crippen LogP) is 2.80. The molecule has 0 aromatic carbocycles. The molecule has 0 bridgehead atoms. The van der Waals surface area contributed by atoms with Crippen LogP contribution >= 0.6 is 22.6 Å². The summed E-state index contributed by atoms with van der Waals surface area (Å²) >= 11 is 1.52. The molecule has 0 amide bonds. The second kappa shape index (κ2) is 4.39. The molecule has 88 valence electrons. The predicted molar refractivity (Wildman–Crippen MR) is 55.0 cm³/mol. The summed E-state index contributed by atoms with van der Waals surface area (Å²) < 4.78 is 39.6. The van der Waals surface area contributed by atoms with Crippen molar-refractivity contribution in [3.63, 3.8) is 0 Å². The Labute approximate surface area is 101 Å². The maximum atomic E-state index is 12.0. The van der Waals surface area contributed by atoms with E-state index >= 15 is 0 Å². The Balaban J connectivity index is 3.18. The molecule has 0 spiro atoms. The summed E-state index contributed by atoms with van der Waals surface area (Å²) in [5.74, 6) is -1.03. The second-order valence-corrected chi connectivity index (χ2v) is 3.84. The summed E-state index contributed by atoms with van der Waals surface area (Å²) in [5.41, 5.74) is -0.184. The summed E-state index contributed by atoms with van der Waals surface area (Å²) in [6.07, 6.45) is -4.84. The molecule has 16 heavy (non-hydrogen) atoms. The molecular formula is C7H4F3IN2O3. The number of pyridine rings is 1. The van der Waals surface area contributed by atoms with Crippen LogP contribution in [0.1, 0.15) is 5.69 Å². The molecule has 5 nitrogen and oxygen atoms in total. The highest BCUT2D eigenvalue weighted by molar-refractivity contribution is 14.1. The Hall–Kier alpha value is -1.13. The molecule has 0 fully saturated rings. The number of nitro groups is 1. The van der Waals surface area contributed by atoms with Gasteiger partial charge < -0.3 is 14.9 Å². The maximum Gasteiger partial charge on any atom is 0.573 e.